The van der Waals surface area contributed by atoms with E-state index in [2.05, 4.69) is 15.3 Å². The third-order valence-corrected chi connectivity index (χ3v) is 2.61. The molecule has 7 heteroatoms. The van der Waals surface area contributed by atoms with E-state index in [1.807, 2.05) is 20.8 Å². The largest absolute Gasteiger partial charge is 0.477 e. The minimum Gasteiger partial charge on any atom is -0.477 e. The van der Waals surface area contributed by atoms with Crippen LogP contribution in [-0.2, 0) is 0 Å². The van der Waals surface area contributed by atoms with E-state index < -0.39 is 12.6 Å². The smallest absolute Gasteiger partial charge is 0.389 e. The second-order valence-electron chi connectivity index (χ2n) is 4.69. The molecule has 0 unspecified atom stereocenters. The van der Waals surface area contributed by atoms with Crippen molar-refractivity contribution < 1.29 is 17.9 Å². The van der Waals surface area contributed by atoms with Gasteiger partial charge in [0.1, 0.15) is 12.1 Å². The minimum absolute atomic E-state index is 0.0121. The van der Waals surface area contributed by atoms with E-state index in [9.17, 15) is 13.2 Å². The van der Waals surface area contributed by atoms with Gasteiger partial charge in [-0.3, -0.25) is 0 Å². The first-order valence-electron chi connectivity index (χ1n) is 6.63. The lowest BCUT2D eigenvalue weighted by molar-refractivity contribution is -0.136. The molecule has 0 saturated heterocycles. The summed E-state index contributed by atoms with van der Waals surface area (Å²) in [4.78, 5) is 8.16. The number of nitrogens with one attached hydrogen (secondary N) is 1. The van der Waals surface area contributed by atoms with Crippen LogP contribution in [-0.4, -0.2) is 29.3 Å². The van der Waals surface area contributed by atoms with Gasteiger partial charge >= 0.3 is 6.18 Å². The molecule has 0 amide bonds. The second-order valence-corrected chi connectivity index (χ2v) is 4.69. The Morgan fingerprint density at radius 1 is 1.30 bits per heavy atom. The van der Waals surface area contributed by atoms with Gasteiger partial charge < -0.3 is 10.1 Å². The van der Waals surface area contributed by atoms with Crippen molar-refractivity contribution in [2.24, 2.45) is 0 Å². The summed E-state index contributed by atoms with van der Waals surface area (Å²) in [5.41, 5.74) is 0.793. The molecule has 1 heterocycles. The highest BCUT2D eigenvalue weighted by molar-refractivity contribution is 5.50. The zero-order valence-electron chi connectivity index (χ0n) is 11.9. The van der Waals surface area contributed by atoms with E-state index in [0.29, 0.717) is 18.2 Å². The number of anilines is 1. The Morgan fingerprint density at radius 3 is 2.55 bits per heavy atom. The molecule has 0 aromatic carbocycles. The van der Waals surface area contributed by atoms with Crippen LogP contribution >= 0.6 is 0 Å². The maximum Gasteiger partial charge on any atom is 0.389 e. The molecular formula is C13H20F3N3O. The van der Waals surface area contributed by atoms with E-state index in [1.165, 1.54) is 6.33 Å². The van der Waals surface area contributed by atoms with E-state index in [4.69, 9.17) is 4.74 Å². The molecule has 0 aliphatic rings. The molecule has 0 saturated carbocycles. The van der Waals surface area contributed by atoms with E-state index in [1.54, 1.807) is 0 Å². The van der Waals surface area contributed by atoms with Crippen LogP contribution in [0.2, 0.25) is 0 Å². The normalized spacial score (nSPS) is 11.8. The lowest BCUT2D eigenvalue weighted by Gasteiger charge is -2.16. The highest BCUT2D eigenvalue weighted by Crippen LogP contribution is 2.30. The van der Waals surface area contributed by atoms with Crippen molar-refractivity contribution in [1.29, 1.82) is 0 Å². The summed E-state index contributed by atoms with van der Waals surface area (Å²) in [5.74, 6) is 1.14. The van der Waals surface area contributed by atoms with Crippen molar-refractivity contribution in [3.63, 3.8) is 0 Å². The van der Waals surface area contributed by atoms with Crippen molar-refractivity contribution in [1.82, 2.24) is 9.97 Å². The van der Waals surface area contributed by atoms with Crippen LogP contribution in [0.1, 0.15) is 45.1 Å². The van der Waals surface area contributed by atoms with Crippen molar-refractivity contribution in [3.8, 4) is 5.88 Å². The van der Waals surface area contributed by atoms with Crippen LogP contribution in [0.4, 0.5) is 19.0 Å². The zero-order chi connectivity index (χ0) is 15.2. The molecule has 1 aromatic rings. The number of rotatable bonds is 7. The van der Waals surface area contributed by atoms with Gasteiger partial charge in [0.25, 0.3) is 0 Å². The fourth-order valence-electron chi connectivity index (χ4n) is 1.76. The molecule has 114 valence electrons. The van der Waals surface area contributed by atoms with Gasteiger partial charge in [-0.2, -0.15) is 13.2 Å². The number of alkyl halides is 3. The molecule has 20 heavy (non-hydrogen) atoms. The first kappa shape index (κ1) is 16.5. The molecule has 0 radical (unpaired) electrons. The monoisotopic (exact) mass is 291 g/mol. The van der Waals surface area contributed by atoms with Gasteiger partial charge in [-0.1, -0.05) is 13.8 Å². The Balaban J connectivity index is 2.71. The second kappa shape index (κ2) is 7.31. The summed E-state index contributed by atoms with van der Waals surface area (Å²) in [7, 11) is 0. The summed E-state index contributed by atoms with van der Waals surface area (Å²) in [5, 5.41) is 3.10. The van der Waals surface area contributed by atoms with Gasteiger partial charge in [-0.25, -0.2) is 9.97 Å². The number of ether oxygens (including phenoxy) is 1. The van der Waals surface area contributed by atoms with Crippen LogP contribution in [0, 0.1) is 0 Å². The first-order chi connectivity index (χ1) is 9.35. The molecule has 0 aliphatic heterocycles. The van der Waals surface area contributed by atoms with Gasteiger partial charge in [0.15, 0.2) is 0 Å². The third-order valence-electron chi connectivity index (χ3n) is 2.61. The fourth-order valence-corrected chi connectivity index (χ4v) is 1.76. The number of halogens is 3. The van der Waals surface area contributed by atoms with Crippen molar-refractivity contribution in [3.05, 3.63) is 11.9 Å². The Labute approximate surface area is 116 Å². The van der Waals surface area contributed by atoms with Crippen molar-refractivity contribution in [2.75, 3.05) is 18.5 Å². The average Bonchev–Trinajstić information content (AvgIpc) is 2.33. The van der Waals surface area contributed by atoms with Gasteiger partial charge in [-0.15, -0.1) is 0 Å². The highest BCUT2D eigenvalue weighted by Gasteiger charge is 2.26. The summed E-state index contributed by atoms with van der Waals surface area (Å²) >= 11 is 0. The Bertz CT molecular complexity index is 422. The number of nitrogens with zero attached hydrogens (tertiary/aromatic N) is 2. The van der Waals surface area contributed by atoms with Gasteiger partial charge in [0, 0.05) is 13.0 Å². The Kier molecular flexibility index (Phi) is 6.04. The molecular weight excluding hydrogens is 271 g/mol. The topological polar surface area (TPSA) is 47.0 Å². The maximum absolute atomic E-state index is 12.1. The van der Waals surface area contributed by atoms with Crippen molar-refractivity contribution >= 4 is 5.82 Å². The Morgan fingerprint density at radius 2 is 2.00 bits per heavy atom. The van der Waals surface area contributed by atoms with Crippen LogP contribution in [0.5, 0.6) is 5.88 Å². The van der Waals surface area contributed by atoms with E-state index >= 15 is 0 Å². The summed E-state index contributed by atoms with van der Waals surface area (Å²) in [6, 6.07) is 0. The lowest BCUT2D eigenvalue weighted by Crippen LogP contribution is -2.12. The van der Waals surface area contributed by atoms with E-state index in [-0.39, 0.29) is 18.9 Å². The van der Waals surface area contributed by atoms with E-state index in [0.717, 1.165) is 5.56 Å². The van der Waals surface area contributed by atoms with Crippen LogP contribution in [0.15, 0.2) is 6.33 Å². The molecule has 0 atom stereocenters. The predicted molar refractivity (Wildman–Crippen MR) is 71.1 cm³/mol. The molecule has 1 rings (SSSR count). The van der Waals surface area contributed by atoms with Crippen LogP contribution < -0.4 is 10.1 Å². The third kappa shape index (κ3) is 5.22. The summed E-state index contributed by atoms with van der Waals surface area (Å²) in [6.45, 7) is 6.55. The van der Waals surface area contributed by atoms with Crippen LogP contribution in [0.25, 0.3) is 0 Å². The Hall–Kier alpha value is -1.53. The first-order valence-corrected chi connectivity index (χ1v) is 6.63. The molecule has 1 N–H and O–H groups in total. The number of hydrogen-bond donors (Lipinski definition) is 1. The predicted octanol–water partition coefficient (Wildman–Crippen LogP) is 3.75. The summed E-state index contributed by atoms with van der Waals surface area (Å²) < 4.78 is 41.6. The SMILES string of the molecule is CCNc1ncnc(OCCCC(F)(F)F)c1C(C)C. The zero-order valence-corrected chi connectivity index (χ0v) is 11.9. The molecule has 0 spiro atoms. The lowest BCUT2D eigenvalue weighted by atomic mass is 10.1. The molecule has 0 fully saturated rings. The molecule has 4 nitrogen and oxygen atoms in total. The minimum atomic E-state index is -4.15. The standard InChI is InChI=1S/C13H20F3N3O/c1-4-17-11-10(9(2)3)12(19-8-18-11)20-7-5-6-13(14,15)16/h8-9H,4-7H2,1-3H3,(H,17,18,19). The van der Waals surface area contributed by atoms with Gasteiger partial charge in [0.2, 0.25) is 5.88 Å². The maximum atomic E-state index is 12.1. The van der Waals surface area contributed by atoms with Crippen molar-refractivity contribution in [2.45, 2.75) is 45.7 Å². The fraction of sp³-hybridized carbons (Fsp3) is 0.692. The number of aromatic nitrogens is 2. The molecule has 0 bridgehead atoms. The van der Waals surface area contributed by atoms with Crippen LogP contribution in [0.3, 0.4) is 0 Å². The van der Waals surface area contributed by atoms with Gasteiger partial charge in [-0.05, 0) is 19.3 Å². The van der Waals surface area contributed by atoms with Gasteiger partial charge in [0.05, 0.1) is 12.2 Å². The molecule has 0 aliphatic carbocycles. The molecule has 1 aromatic heterocycles. The highest BCUT2D eigenvalue weighted by atomic mass is 19.4. The summed E-state index contributed by atoms with van der Waals surface area (Å²) in [6.07, 6.45) is -3.73. The quantitative estimate of drug-likeness (QED) is 0.777. The average molecular weight is 291 g/mol. The number of hydrogen-bond acceptors (Lipinski definition) is 4.